The third-order valence-electron chi connectivity index (χ3n) is 15.9. The molecule has 3 aromatic carbocycles. The summed E-state index contributed by atoms with van der Waals surface area (Å²) in [5.41, 5.74) is 34.8. The molecule has 0 aliphatic rings. The van der Waals surface area contributed by atoms with Crippen LogP contribution in [0.15, 0.2) is 177 Å². The van der Waals surface area contributed by atoms with Crippen LogP contribution in [0, 0.1) is 20.8 Å². The maximum absolute atomic E-state index is 12.1. The number of carboxylic acid groups (broad SMARTS) is 1. The number of ketones is 6. The Bertz CT molecular complexity index is 5610. The van der Waals surface area contributed by atoms with E-state index in [1.54, 1.807) is 30.6 Å². The van der Waals surface area contributed by atoms with Crippen molar-refractivity contribution in [1.82, 2.24) is 34.9 Å². The van der Waals surface area contributed by atoms with Crippen molar-refractivity contribution in [2.24, 2.45) is 34.4 Å². The van der Waals surface area contributed by atoms with Gasteiger partial charge in [-0.15, -0.1) is 0 Å². The average molecular weight is 1840 g/mol. The number of Topliss-reactive ketones (excluding diaryl/α,β-unsaturated/α-hetero) is 6. The van der Waals surface area contributed by atoms with E-state index in [1.165, 1.54) is 6.20 Å². The highest BCUT2D eigenvalue weighted by molar-refractivity contribution is 7.86. The fourth-order valence-corrected chi connectivity index (χ4v) is 10.8. The minimum Gasteiger partial charge on any atom is -0.506 e. The fraction of sp³-hybridized carbons (Fsp3) is 0.233. The van der Waals surface area contributed by atoms with Gasteiger partial charge in [0.05, 0.1) is 37.3 Å². The van der Waals surface area contributed by atoms with Crippen LogP contribution in [0.5, 0.6) is 63.2 Å². The Balaban J connectivity index is 0.000000319. The van der Waals surface area contributed by atoms with E-state index in [4.69, 9.17) is 63.9 Å². The van der Waals surface area contributed by atoms with Crippen LogP contribution in [0.25, 0.3) is 0 Å². The van der Waals surface area contributed by atoms with E-state index in [-0.39, 0.29) is 151 Å². The van der Waals surface area contributed by atoms with Gasteiger partial charge in [-0.2, -0.15) is 16.8 Å². The first-order valence-electron chi connectivity index (χ1n) is 38.1. The van der Waals surface area contributed by atoms with E-state index in [0.29, 0.717) is 37.1 Å². The molecule has 0 aliphatic carbocycles. The van der Waals surface area contributed by atoms with Crippen LogP contribution in [0.1, 0.15) is 184 Å². The van der Waals surface area contributed by atoms with Gasteiger partial charge in [0.1, 0.15) is 100.0 Å². The first kappa shape index (κ1) is 106. The maximum Gasteiger partial charge on any atom is 0.358 e. The number of aromatic hydroxyl groups is 6. The predicted molar refractivity (Wildman–Crippen MR) is 461 cm³/mol. The maximum atomic E-state index is 12.1. The normalized spacial score (nSPS) is 10.3. The van der Waals surface area contributed by atoms with Crippen LogP contribution in [0.3, 0.4) is 0 Å². The zero-order chi connectivity index (χ0) is 97.0. The molecular weight excluding hydrogens is 1740 g/mol. The number of carbonyl (C=O) groups excluding carboxylic acids is 12. The molecule has 0 saturated carbocycles. The Morgan fingerprint density at radius 2 is 0.508 bits per heavy atom. The number of nitrogens with zero attached hydrogens (tertiary/aromatic N) is 7. The molecule has 19 N–H and O–H groups in total. The lowest BCUT2D eigenvalue weighted by Crippen LogP contribution is -2.14. The van der Waals surface area contributed by atoms with Crippen LogP contribution in [0.2, 0.25) is 0 Å². The summed E-state index contributed by atoms with van der Waals surface area (Å²) in [5, 5.41) is 64.5. The lowest BCUT2D eigenvalue weighted by Gasteiger charge is -2.11. The monoisotopic (exact) mass is 1840 g/mol. The van der Waals surface area contributed by atoms with Crippen LogP contribution in [-0.4, -0.2) is 176 Å². The molecule has 44 heteroatoms. The third-order valence-corrected chi connectivity index (χ3v) is 16.9. The summed E-state index contributed by atoms with van der Waals surface area (Å²) in [6.07, 6.45) is 9.38. The van der Waals surface area contributed by atoms with Crippen molar-refractivity contribution in [3.8, 4) is 63.2 Å². The molecule has 7 heterocycles. The fourth-order valence-electron chi connectivity index (χ4n) is 9.93. The second-order valence-electron chi connectivity index (χ2n) is 27.3. The number of amides is 6. The summed E-state index contributed by atoms with van der Waals surface area (Å²) in [6, 6.07) is 38.0. The lowest BCUT2D eigenvalue weighted by molar-refractivity contribution is -0.118. The summed E-state index contributed by atoms with van der Waals surface area (Å²) in [6.45, 7) is 6.62. The molecule has 6 amide bonds. The molecule has 0 saturated heterocycles. The SMILES string of the molecule is CS(=O)(=O)Oc1cnc(C(=O)CCC(N)=O)c(O)c1.CS(=O)(=O)Oc1cnc(C(=O)CCC(N)=O)c(O)c1.Cc1cnc(C(=O)CCC(N)=O)c(OCc2ccccc2)c1.Cc1cnc(C(=O)CCC(N)=O)c(OCc2ccccc2)c1.Cc1cnc(C(=O)O)c(OCc2ccccc2)c1.NC(=O)CCC(=O)c1ncc(O)cc1O.NC(=O)CCC(=O)c1ncc(O)cc1O. The van der Waals surface area contributed by atoms with Crippen molar-refractivity contribution >= 4 is 96.3 Å². The van der Waals surface area contributed by atoms with E-state index >= 15 is 0 Å². The second-order valence-corrected chi connectivity index (χ2v) is 30.5. The number of carboxylic acids is 1. The predicted octanol–water partition coefficient (Wildman–Crippen LogP) is 6.53. The van der Waals surface area contributed by atoms with Gasteiger partial charge in [-0.05, 0) is 72.4 Å². The number of pyridine rings is 7. The number of aromatic nitrogens is 7. The van der Waals surface area contributed by atoms with Crippen LogP contribution >= 0.6 is 0 Å². The molecular formula is C86H93N13O29S2. The van der Waals surface area contributed by atoms with Gasteiger partial charge < -0.3 is 92.7 Å². The van der Waals surface area contributed by atoms with E-state index in [2.05, 4.69) is 43.3 Å². The Morgan fingerprint density at radius 1 is 0.292 bits per heavy atom. The number of aryl methyl sites for hydroxylation is 3. The zero-order valence-corrected chi connectivity index (χ0v) is 72.0. The molecule has 7 aromatic heterocycles. The highest BCUT2D eigenvalue weighted by Crippen LogP contribution is 2.29. The number of nitrogens with two attached hydrogens (primary N) is 6. The third kappa shape index (κ3) is 41.5. The molecule has 0 unspecified atom stereocenters. The Labute approximate surface area is 742 Å². The Hall–Kier alpha value is -16.3. The number of hydrogen-bond acceptors (Lipinski definition) is 35. The van der Waals surface area contributed by atoms with Crippen molar-refractivity contribution in [1.29, 1.82) is 0 Å². The quantitative estimate of drug-likeness (QED) is 0.0144. The molecule has 0 fully saturated rings. The van der Waals surface area contributed by atoms with Gasteiger partial charge >= 0.3 is 26.2 Å². The minimum absolute atomic E-state index is 0.00646. The Kier molecular flexibility index (Phi) is 43.3. The number of primary amides is 6. The van der Waals surface area contributed by atoms with E-state index in [0.717, 1.165) is 94.9 Å². The highest BCUT2D eigenvalue weighted by Gasteiger charge is 2.23. The van der Waals surface area contributed by atoms with Crippen LogP contribution in [0.4, 0.5) is 0 Å². The Morgan fingerprint density at radius 3 is 0.731 bits per heavy atom. The van der Waals surface area contributed by atoms with Gasteiger partial charge in [-0.1, -0.05) is 91.0 Å². The molecule has 10 aromatic rings. The second kappa shape index (κ2) is 53.1. The standard InChI is InChI=1S/2C17H18N2O3.C14H13NO3.2C10H12N2O6S.2C9H10N2O4/c2*1-12-9-15(22-11-13-5-3-2-4-6-13)17(19-10-12)14(20)7-8-16(18)21;1-10-7-12(13(14(16)17)15-8-10)18-9-11-5-3-2-4-6-11;2*1-19(16,17)18-6-4-8(14)10(12-5-6)7(13)2-3-9(11)15;2*10-8(15)2-1-6(13)9-7(14)3-5(12)4-11-9/h2*2-6,9-10H,7-8,11H2,1H3,(H2,18,21);2-8H,9H2,1H3,(H,16,17);2*4-5,14H,2-3H2,1H3,(H2,11,15);2*3-4,12,14H,1-2H2,(H2,10,15). The van der Waals surface area contributed by atoms with Crippen molar-refractivity contribution in [2.75, 3.05) is 12.5 Å². The van der Waals surface area contributed by atoms with E-state index < -0.39 is 108 Å². The largest absolute Gasteiger partial charge is 0.506 e. The van der Waals surface area contributed by atoms with Crippen LogP contribution < -0.4 is 57.0 Å². The first-order valence-corrected chi connectivity index (χ1v) is 41.8. The summed E-state index contributed by atoms with van der Waals surface area (Å²) in [5.74, 6) is -8.87. The minimum atomic E-state index is -3.75. The van der Waals surface area contributed by atoms with Crippen molar-refractivity contribution in [3.05, 3.63) is 250 Å². The number of aromatic carboxylic acids is 1. The molecule has 42 nitrogen and oxygen atoms in total. The molecule has 688 valence electrons. The van der Waals surface area contributed by atoms with Gasteiger partial charge in [-0.3, -0.25) is 57.5 Å². The summed E-state index contributed by atoms with van der Waals surface area (Å²) in [4.78, 5) is 171. The number of hydrogen-bond donors (Lipinski definition) is 13. The number of carbonyl (C=O) groups is 13. The number of benzene rings is 3. The molecule has 0 radical (unpaired) electrons. The van der Waals surface area contributed by atoms with Crippen molar-refractivity contribution < 1.29 is 137 Å². The smallest absolute Gasteiger partial charge is 0.358 e. The van der Waals surface area contributed by atoms with Crippen LogP contribution in [-0.2, 0) is 68.8 Å². The summed E-state index contributed by atoms with van der Waals surface area (Å²) >= 11 is 0. The number of rotatable bonds is 38. The first-order chi connectivity index (χ1) is 61.2. The average Bonchev–Trinajstić information content (AvgIpc) is 0.843. The summed E-state index contributed by atoms with van der Waals surface area (Å²) in [7, 11) is -7.49. The van der Waals surface area contributed by atoms with Gasteiger partial charge in [0.2, 0.25) is 35.4 Å². The molecule has 10 rings (SSSR count). The van der Waals surface area contributed by atoms with Gasteiger partial charge in [0.15, 0.2) is 57.6 Å². The topological polar surface area (TPSA) is 724 Å². The summed E-state index contributed by atoms with van der Waals surface area (Å²) < 4.78 is 69.4. The molecule has 0 bridgehead atoms. The van der Waals surface area contributed by atoms with Crippen molar-refractivity contribution in [3.63, 3.8) is 0 Å². The van der Waals surface area contributed by atoms with Gasteiger partial charge in [0, 0.05) is 120 Å². The molecule has 0 atom stereocenters. The highest BCUT2D eigenvalue weighted by atomic mass is 32.2. The number of ether oxygens (including phenoxy) is 3. The lowest BCUT2D eigenvalue weighted by atomic mass is 10.1. The molecule has 130 heavy (non-hydrogen) atoms. The zero-order valence-electron chi connectivity index (χ0n) is 70.4. The van der Waals surface area contributed by atoms with Gasteiger partial charge in [0.25, 0.3) is 0 Å². The molecule has 0 aliphatic heterocycles. The van der Waals surface area contributed by atoms with E-state index in [1.807, 2.05) is 112 Å². The van der Waals surface area contributed by atoms with Gasteiger partial charge in [-0.25, -0.2) is 39.7 Å². The molecule has 0 spiro atoms. The van der Waals surface area contributed by atoms with E-state index in [9.17, 15) is 99.6 Å². The van der Waals surface area contributed by atoms with Crippen molar-refractivity contribution in [2.45, 2.75) is 118 Å².